The number of carbonyl (C=O) groups excluding carboxylic acids is 5. The Hall–Kier alpha value is -5.30. The van der Waals surface area contributed by atoms with Crippen LogP contribution in [0.2, 0.25) is 5.02 Å². The van der Waals surface area contributed by atoms with E-state index in [4.69, 9.17) is 25.8 Å². The number of nitrogens with one attached hydrogen (secondary N) is 4. The van der Waals surface area contributed by atoms with Gasteiger partial charge in [-0.05, 0) is 86.9 Å². The van der Waals surface area contributed by atoms with Crippen LogP contribution < -0.4 is 26.0 Å². The number of carbonyl (C=O) groups is 5. The lowest BCUT2D eigenvalue weighted by atomic mass is 10.1. The number of hydrogen-bond acceptors (Lipinski definition) is 13. The van der Waals surface area contributed by atoms with Crippen molar-refractivity contribution in [2.75, 3.05) is 96.5 Å². The average Bonchev–Trinajstić information content (AvgIpc) is 3.25. The zero-order valence-corrected chi connectivity index (χ0v) is 34.0. The van der Waals surface area contributed by atoms with E-state index in [1.807, 2.05) is 0 Å². The van der Waals surface area contributed by atoms with Gasteiger partial charge >= 0.3 is 0 Å². The number of azo groups is 1. The molecule has 0 bridgehead atoms. The molecule has 0 spiro atoms. The minimum Gasteiger partial charge on any atom is -0.495 e. The van der Waals surface area contributed by atoms with Crippen molar-refractivity contribution < 1.29 is 43.3 Å². The van der Waals surface area contributed by atoms with Crippen LogP contribution in [0.25, 0.3) is 0 Å². The Kier molecular flexibility index (Phi) is 17.3. The number of anilines is 2. The Morgan fingerprint density at radius 2 is 1.34 bits per heavy atom. The van der Waals surface area contributed by atoms with Gasteiger partial charge in [-0.3, -0.25) is 33.8 Å². The molecule has 0 aromatic heterocycles. The lowest BCUT2D eigenvalue weighted by molar-refractivity contribution is -0.126. The molecule has 1 unspecified atom stereocenters. The van der Waals surface area contributed by atoms with E-state index in [9.17, 15) is 29.1 Å². The molecule has 0 aliphatic carbocycles. The molecule has 59 heavy (non-hydrogen) atoms. The second kappa shape index (κ2) is 22.7. The molecule has 4 amide bonds. The van der Waals surface area contributed by atoms with Gasteiger partial charge in [0.1, 0.15) is 5.75 Å². The van der Waals surface area contributed by atoms with Crippen molar-refractivity contribution in [3.05, 3.63) is 81.9 Å². The first-order chi connectivity index (χ1) is 28.5. The second-order valence-corrected chi connectivity index (χ2v) is 14.4. The Labute approximate surface area is 347 Å². The van der Waals surface area contributed by atoms with Crippen molar-refractivity contribution in [3.63, 3.8) is 0 Å². The lowest BCUT2D eigenvalue weighted by Gasteiger charge is -2.26. The van der Waals surface area contributed by atoms with Gasteiger partial charge in [0.15, 0.2) is 5.78 Å². The maximum Gasteiger partial charge on any atom is 0.258 e. The number of rotatable bonds is 19. The van der Waals surface area contributed by atoms with Crippen LogP contribution in [0.5, 0.6) is 5.75 Å². The summed E-state index contributed by atoms with van der Waals surface area (Å²) in [6.07, 6.45) is 1.48. The van der Waals surface area contributed by atoms with Crippen molar-refractivity contribution in [2.45, 2.75) is 32.4 Å². The van der Waals surface area contributed by atoms with E-state index in [2.05, 4.69) is 41.3 Å². The zero-order valence-electron chi connectivity index (χ0n) is 33.3. The van der Waals surface area contributed by atoms with Gasteiger partial charge < -0.3 is 40.6 Å². The predicted octanol–water partition coefficient (Wildman–Crippen LogP) is 3.68. The fraction of sp³-hybridized carbons (Fsp3) is 0.439. The summed E-state index contributed by atoms with van der Waals surface area (Å²) in [4.78, 5) is 70.1. The number of benzene rings is 3. The monoisotopic (exact) mass is 834 g/mol. The molecule has 0 saturated carbocycles. The van der Waals surface area contributed by atoms with Crippen LogP contribution in [-0.4, -0.2) is 136 Å². The van der Waals surface area contributed by atoms with Gasteiger partial charge in [-0.1, -0.05) is 11.6 Å². The Bertz CT molecular complexity index is 1910. The average molecular weight is 835 g/mol. The van der Waals surface area contributed by atoms with E-state index in [-0.39, 0.29) is 62.9 Å². The topological polar surface area (TPSA) is 213 Å². The minimum absolute atomic E-state index is 0.181. The number of Topliss-reactive ketones (excluding diaryl/α,β-unsaturated/α-hetero) is 1. The molecule has 2 fully saturated rings. The molecule has 2 aliphatic heterocycles. The first-order valence-corrected chi connectivity index (χ1v) is 19.8. The van der Waals surface area contributed by atoms with Gasteiger partial charge in [-0.15, -0.1) is 0 Å². The zero-order chi connectivity index (χ0) is 42.1. The van der Waals surface area contributed by atoms with Gasteiger partial charge in [-0.2, -0.15) is 10.2 Å². The molecule has 18 heteroatoms. The summed E-state index contributed by atoms with van der Waals surface area (Å²) in [6, 6.07) is 11.8. The molecule has 5 rings (SSSR count). The first kappa shape index (κ1) is 44.8. The summed E-state index contributed by atoms with van der Waals surface area (Å²) in [5.74, 6) is -2.42. The summed E-state index contributed by atoms with van der Waals surface area (Å²) in [5.41, 5.74) is 1.69. The standard InChI is InChI=1S/C41H51ClN8O9/c1-27(52)37(41(56)46-35-24-31(26-51)34(42)25-36(35)57-2)48-47-32-7-5-28(6-8-32)40(55)45-33-22-29(38(53)43-9-3-11-49-13-17-58-18-14-49)21-30(23-33)39(54)44-10-4-12-50-15-19-59-20-16-50/h5-8,21-25,37,51H,3-4,9-20,26H2,1-2H3,(H,43,53)(H,44,54)(H,45,55)(H,46,56). The largest absolute Gasteiger partial charge is 0.495 e. The molecular weight excluding hydrogens is 784 g/mol. The Morgan fingerprint density at radius 1 is 0.780 bits per heavy atom. The van der Waals surface area contributed by atoms with Crippen molar-refractivity contribution in [1.29, 1.82) is 0 Å². The van der Waals surface area contributed by atoms with E-state index < -0.39 is 23.6 Å². The number of halogens is 1. The van der Waals surface area contributed by atoms with Crippen LogP contribution in [-0.2, 0) is 25.7 Å². The van der Waals surface area contributed by atoms with Gasteiger partial charge in [0.25, 0.3) is 23.6 Å². The Morgan fingerprint density at radius 3 is 1.85 bits per heavy atom. The second-order valence-electron chi connectivity index (χ2n) is 13.9. The molecular formula is C41H51ClN8O9. The van der Waals surface area contributed by atoms with Crippen LogP contribution in [0.4, 0.5) is 17.1 Å². The number of morpholine rings is 2. The third kappa shape index (κ3) is 13.6. The van der Waals surface area contributed by atoms with E-state index >= 15 is 0 Å². The fourth-order valence-corrected chi connectivity index (χ4v) is 6.55. The van der Waals surface area contributed by atoms with Gasteiger partial charge in [0, 0.05) is 72.7 Å². The lowest BCUT2D eigenvalue weighted by Crippen LogP contribution is -2.38. The summed E-state index contributed by atoms with van der Waals surface area (Å²) >= 11 is 6.13. The molecule has 3 aromatic carbocycles. The summed E-state index contributed by atoms with van der Waals surface area (Å²) in [7, 11) is 1.38. The third-order valence-electron chi connectivity index (χ3n) is 9.64. The number of hydrogen-bond donors (Lipinski definition) is 5. The molecule has 2 saturated heterocycles. The SMILES string of the molecule is COc1cc(Cl)c(CO)cc1NC(=O)C(N=Nc1ccc(C(=O)Nc2cc(C(=O)NCCCN3CCOCC3)cc(C(=O)NCCCN3CCOCC3)c2)cc1)C(C)=O. The molecule has 5 N–H and O–H groups in total. The van der Waals surface area contributed by atoms with E-state index in [0.29, 0.717) is 45.1 Å². The van der Waals surface area contributed by atoms with Crippen LogP contribution in [0.15, 0.2) is 64.8 Å². The van der Waals surface area contributed by atoms with E-state index in [0.717, 1.165) is 52.1 Å². The molecule has 316 valence electrons. The molecule has 17 nitrogen and oxygen atoms in total. The minimum atomic E-state index is -1.51. The highest BCUT2D eigenvalue weighted by atomic mass is 35.5. The van der Waals surface area contributed by atoms with Crippen LogP contribution in [0.3, 0.4) is 0 Å². The number of aliphatic hydroxyl groups is 1. The number of aliphatic hydroxyl groups excluding tert-OH is 1. The summed E-state index contributed by atoms with van der Waals surface area (Å²) in [6.45, 7) is 9.47. The maximum atomic E-state index is 13.4. The predicted molar refractivity (Wildman–Crippen MR) is 221 cm³/mol. The molecule has 0 radical (unpaired) electrons. The number of methoxy groups -OCH3 is 1. The van der Waals surface area contributed by atoms with Crippen molar-refractivity contribution in [3.8, 4) is 5.75 Å². The quantitative estimate of drug-likeness (QED) is 0.0668. The van der Waals surface area contributed by atoms with E-state index in [1.54, 1.807) is 0 Å². The summed E-state index contributed by atoms with van der Waals surface area (Å²) in [5, 5.41) is 29.1. The third-order valence-corrected chi connectivity index (χ3v) is 10.00. The number of nitrogens with zero attached hydrogens (tertiary/aromatic N) is 4. The number of amides is 4. The fourth-order valence-electron chi connectivity index (χ4n) is 6.34. The highest BCUT2D eigenvalue weighted by Crippen LogP contribution is 2.32. The molecule has 1 atom stereocenters. The van der Waals surface area contributed by atoms with Crippen molar-refractivity contribution >= 4 is 58.1 Å². The molecule has 3 aromatic rings. The highest BCUT2D eigenvalue weighted by molar-refractivity contribution is 6.31. The smallest absolute Gasteiger partial charge is 0.258 e. The van der Waals surface area contributed by atoms with Gasteiger partial charge in [0.05, 0.1) is 51.5 Å². The van der Waals surface area contributed by atoms with Crippen LogP contribution in [0, 0.1) is 0 Å². The maximum absolute atomic E-state index is 13.4. The Balaban J connectivity index is 1.23. The van der Waals surface area contributed by atoms with Gasteiger partial charge in [0.2, 0.25) is 6.04 Å². The van der Waals surface area contributed by atoms with Crippen LogP contribution in [0.1, 0.15) is 56.4 Å². The van der Waals surface area contributed by atoms with Crippen LogP contribution >= 0.6 is 11.6 Å². The molecule has 2 heterocycles. The first-order valence-electron chi connectivity index (χ1n) is 19.5. The molecule has 2 aliphatic rings. The number of ether oxygens (including phenoxy) is 3. The van der Waals surface area contributed by atoms with Gasteiger partial charge in [-0.25, -0.2) is 0 Å². The van der Waals surface area contributed by atoms with E-state index in [1.165, 1.54) is 68.6 Å². The highest BCUT2D eigenvalue weighted by Gasteiger charge is 2.25. The van der Waals surface area contributed by atoms with Crippen molar-refractivity contribution in [2.24, 2.45) is 10.2 Å². The van der Waals surface area contributed by atoms with Crippen molar-refractivity contribution in [1.82, 2.24) is 20.4 Å². The number of ketones is 1. The normalized spacial score (nSPS) is 15.3. The summed E-state index contributed by atoms with van der Waals surface area (Å²) < 4.78 is 16.1.